The van der Waals surface area contributed by atoms with Crippen LogP contribution in [-0.4, -0.2) is 11.6 Å². The van der Waals surface area contributed by atoms with E-state index in [2.05, 4.69) is 0 Å². The fourth-order valence-electron chi connectivity index (χ4n) is 2.40. The molecule has 0 bridgehead atoms. The van der Waals surface area contributed by atoms with Gasteiger partial charge >= 0.3 is 5.97 Å². The van der Waals surface area contributed by atoms with Crippen molar-refractivity contribution in [2.75, 3.05) is 0 Å². The van der Waals surface area contributed by atoms with Crippen LogP contribution in [0.3, 0.4) is 0 Å². The molecule has 0 saturated heterocycles. The number of ether oxygens (including phenoxy) is 1. The summed E-state index contributed by atoms with van der Waals surface area (Å²) in [6.07, 6.45) is 9.71. The highest BCUT2D eigenvalue weighted by atomic mass is 16.6. The number of carbonyl (C=O) groups excluding carboxylic acids is 1. The van der Waals surface area contributed by atoms with Crippen LogP contribution in [-0.2, 0) is 9.53 Å². The maximum Gasteiger partial charge on any atom is 0.306 e. The van der Waals surface area contributed by atoms with Crippen LogP contribution in [0.2, 0.25) is 0 Å². The maximum atomic E-state index is 11.5. The van der Waals surface area contributed by atoms with Crippen molar-refractivity contribution < 1.29 is 9.53 Å². The third-order valence-corrected chi connectivity index (χ3v) is 3.14. The SMILES string of the molecule is CC(C)(C)OC(=O)CCCC1CCCCC1. The van der Waals surface area contributed by atoms with Gasteiger partial charge in [-0.05, 0) is 39.5 Å². The van der Waals surface area contributed by atoms with Crippen molar-refractivity contribution in [1.82, 2.24) is 0 Å². The van der Waals surface area contributed by atoms with Crippen LogP contribution in [0.15, 0.2) is 0 Å². The Morgan fingerprint density at radius 2 is 1.81 bits per heavy atom. The first-order chi connectivity index (χ1) is 7.47. The average Bonchev–Trinajstić information content (AvgIpc) is 2.16. The van der Waals surface area contributed by atoms with E-state index in [0.717, 1.165) is 12.3 Å². The van der Waals surface area contributed by atoms with Crippen LogP contribution in [0, 0.1) is 5.92 Å². The summed E-state index contributed by atoms with van der Waals surface area (Å²) in [4.78, 5) is 11.5. The number of carbonyl (C=O) groups is 1. The molecule has 2 nitrogen and oxygen atoms in total. The topological polar surface area (TPSA) is 26.3 Å². The van der Waals surface area contributed by atoms with Gasteiger partial charge in [0, 0.05) is 6.42 Å². The lowest BCUT2D eigenvalue weighted by Crippen LogP contribution is -2.23. The van der Waals surface area contributed by atoms with Gasteiger partial charge < -0.3 is 4.74 Å². The third kappa shape index (κ3) is 6.14. The van der Waals surface area contributed by atoms with E-state index in [-0.39, 0.29) is 11.6 Å². The molecule has 0 unspecified atom stereocenters. The highest BCUT2D eigenvalue weighted by molar-refractivity contribution is 5.69. The van der Waals surface area contributed by atoms with Crippen LogP contribution in [0.1, 0.15) is 72.1 Å². The second kappa shape index (κ2) is 6.27. The summed E-state index contributed by atoms with van der Waals surface area (Å²) >= 11 is 0. The van der Waals surface area contributed by atoms with Gasteiger partial charge in [0.2, 0.25) is 0 Å². The van der Waals surface area contributed by atoms with Crippen LogP contribution < -0.4 is 0 Å². The minimum atomic E-state index is -0.331. The Hall–Kier alpha value is -0.530. The van der Waals surface area contributed by atoms with Crippen molar-refractivity contribution >= 4 is 5.97 Å². The van der Waals surface area contributed by atoms with E-state index in [0.29, 0.717) is 6.42 Å². The molecular weight excluding hydrogens is 200 g/mol. The number of hydrogen-bond donors (Lipinski definition) is 0. The van der Waals surface area contributed by atoms with E-state index in [4.69, 9.17) is 4.74 Å². The normalized spacial score (nSPS) is 18.4. The van der Waals surface area contributed by atoms with Gasteiger partial charge in [-0.25, -0.2) is 0 Å². The quantitative estimate of drug-likeness (QED) is 0.675. The van der Waals surface area contributed by atoms with E-state index in [1.54, 1.807) is 0 Å². The highest BCUT2D eigenvalue weighted by Gasteiger charge is 2.17. The van der Waals surface area contributed by atoms with E-state index >= 15 is 0 Å². The molecule has 0 aliphatic heterocycles. The Balaban J connectivity index is 2.08. The molecule has 16 heavy (non-hydrogen) atoms. The largest absolute Gasteiger partial charge is 0.460 e. The van der Waals surface area contributed by atoms with Crippen molar-refractivity contribution in [3.8, 4) is 0 Å². The predicted molar refractivity (Wildman–Crippen MR) is 66.3 cm³/mol. The van der Waals surface area contributed by atoms with Gasteiger partial charge in [0.25, 0.3) is 0 Å². The first-order valence-corrected chi connectivity index (χ1v) is 6.69. The van der Waals surface area contributed by atoms with Gasteiger partial charge in [-0.3, -0.25) is 4.79 Å². The molecular formula is C14H26O2. The number of esters is 1. The second-order valence-electron chi connectivity index (χ2n) is 5.98. The van der Waals surface area contributed by atoms with Gasteiger partial charge in [0.05, 0.1) is 0 Å². The first-order valence-electron chi connectivity index (χ1n) is 6.69. The highest BCUT2D eigenvalue weighted by Crippen LogP contribution is 2.27. The zero-order valence-electron chi connectivity index (χ0n) is 11.1. The molecule has 0 radical (unpaired) electrons. The second-order valence-corrected chi connectivity index (χ2v) is 5.98. The summed E-state index contributed by atoms with van der Waals surface area (Å²) in [5.41, 5.74) is -0.331. The van der Waals surface area contributed by atoms with Crippen LogP contribution in [0.25, 0.3) is 0 Å². The maximum absolute atomic E-state index is 11.5. The van der Waals surface area contributed by atoms with E-state index in [1.165, 1.54) is 38.5 Å². The molecule has 0 aromatic carbocycles. The Labute approximate surface area is 99.8 Å². The Bertz CT molecular complexity index is 209. The lowest BCUT2D eigenvalue weighted by atomic mass is 9.86. The molecule has 0 aromatic rings. The van der Waals surface area contributed by atoms with E-state index in [1.807, 2.05) is 20.8 Å². The molecule has 0 atom stereocenters. The van der Waals surface area contributed by atoms with Gasteiger partial charge in [-0.2, -0.15) is 0 Å². The summed E-state index contributed by atoms with van der Waals surface area (Å²) in [6, 6.07) is 0. The van der Waals surface area contributed by atoms with Crippen molar-refractivity contribution in [2.45, 2.75) is 77.7 Å². The molecule has 2 heteroatoms. The van der Waals surface area contributed by atoms with Crippen molar-refractivity contribution in [2.24, 2.45) is 5.92 Å². The van der Waals surface area contributed by atoms with Gasteiger partial charge in [0.15, 0.2) is 0 Å². The molecule has 1 saturated carbocycles. The summed E-state index contributed by atoms with van der Waals surface area (Å²) in [5.74, 6) is 0.833. The average molecular weight is 226 g/mol. The van der Waals surface area contributed by atoms with Gasteiger partial charge in [0.1, 0.15) is 5.60 Å². The first kappa shape index (κ1) is 13.5. The van der Waals surface area contributed by atoms with E-state index < -0.39 is 0 Å². The number of hydrogen-bond acceptors (Lipinski definition) is 2. The van der Waals surface area contributed by atoms with E-state index in [9.17, 15) is 4.79 Å². The Morgan fingerprint density at radius 3 is 2.38 bits per heavy atom. The van der Waals surface area contributed by atoms with Gasteiger partial charge in [-0.1, -0.05) is 32.1 Å². The fraction of sp³-hybridized carbons (Fsp3) is 0.929. The lowest BCUT2D eigenvalue weighted by molar-refractivity contribution is -0.154. The molecule has 0 N–H and O–H groups in total. The number of rotatable bonds is 4. The van der Waals surface area contributed by atoms with Crippen molar-refractivity contribution in [3.63, 3.8) is 0 Å². The summed E-state index contributed by atoms with van der Waals surface area (Å²) in [6.45, 7) is 5.77. The molecule has 1 aliphatic rings. The smallest absolute Gasteiger partial charge is 0.306 e. The van der Waals surface area contributed by atoms with Crippen molar-refractivity contribution in [1.29, 1.82) is 0 Å². The molecule has 1 rings (SSSR count). The standard InChI is InChI=1S/C14H26O2/c1-14(2,3)16-13(15)11-7-10-12-8-5-4-6-9-12/h12H,4-11H2,1-3H3. The van der Waals surface area contributed by atoms with Crippen LogP contribution in [0.4, 0.5) is 0 Å². The molecule has 1 aliphatic carbocycles. The predicted octanol–water partition coefficient (Wildman–Crippen LogP) is 4.08. The molecule has 0 amide bonds. The summed E-state index contributed by atoms with van der Waals surface area (Å²) in [5, 5.41) is 0. The zero-order chi connectivity index (χ0) is 12.0. The summed E-state index contributed by atoms with van der Waals surface area (Å²) < 4.78 is 5.29. The van der Waals surface area contributed by atoms with Crippen molar-refractivity contribution in [3.05, 3.63) is 0 Å². The molecule has 1 fully saturated rings. The lowest BCUT2D eigenvalue weighted by Gasteiger charge is -2.22. The Kier molecular flexibility index (Phi) is 5.30. The zero-order valence-corrected chi connectivity index (χ0v) is 11.1. The molecule has 0 spiro atoms. The minimum Gasteiger partial charge on any atom is -0.460 e. The Morgan fingerprint density at radius 1 is 1.19 bits per heavy atom. The molecule has 0 heterocycles. The molecule has 94 valence electrons. The molecule has 0 aromatic heterocycles. The van der Waals surface area contributed by atoms with Crippen LogP contribution >= 0.6 is 0 Å². The minimum absolute atomic E-state index is 0.0386. The third-order valence-electron chi connectivity index (χ3n) is 3.14. The monoisotopic (exact) mass is 226 g/mol. The summed E-state index contributed by atoms with van der Waals surface area (Å²) in [7, 11) is 0. The fourth-order valence-corrected chi connectivity index (χ4v) is 2.40. The van der Waals surface area contributed by atoms with Crippen LogP contribution in [0.5, 0.6) is 0 Å². The van der Waals surface area contributed by atoms with Gasteiger partial charge in [-0.15, -0.1) is 0 Å².